The average Bonchev–Trinajstić information content (AvgIpc) is 2.16. The van der Waals surface area contributed by atoms with Crippen molar-refractivity contribution >= 4 is 17.6 Å². The van der Waals surface area contributed by atoms with Crippen molar-refractivity contribution in [3.8, 4) is 5.75 Å². The molecule has 1 aliphatic rings. The van der Waals surface area contributed by atoms with Gasteiger partial charge in [0.05, 0.1) is 11.7 Å². The Bertz CT molecular complexity index is 413. The first-order valence-corrected chi connectivity index (χ1v) is 3.95. The number of hydrogen-bond donors (Lipinski definition) is 1. The maximum Gasteiger partial charge on any atom is 0.262 e. The Kier molecular flexibility index (Phi) is 1.85. The fourth-order valence-electron chi connectivity index (χ4n) is 1.21. The smallest absolute Gasteiger partial charge is 0.262 e. The summed E-state index contributed by atoms with van der Waals surface area (Å²) >= 11 is 0. The van der Waals surface area contributed by atoms with Crippen molar-refractivity contribution in [3.63, 3.8) is 0 Å². The van der Waals surface area contributed by atoms with Crippen LogP contribution < -0.4 is 15.2 Å². The molecule has 1 amide bonds. The van der Waals surface area contributed by atoms with Crippen molar-refractivity contribution in [2.45, 2.75) is 0 Å². The topological polar surface area (TPSA) is 78.5 Å². The molecule has 5 nitrogen and oxygen atoms in total. The van der Waals surface area contributed by atoms with Crippen LogP contribution >= 0.6 is 0 Å². The molecule has 72 valence electrons. The van der Waals surface area contributed by atoms with Crippen LogP contribution in [0.5, 0.6) is 5.75 Å². The van der Waals surface area contributed by atoms with Crippen molar-refractivity contribution < 1.29 is 19.4 Å². The third-order valence-electron chi connectivity index (χ3n) is 1.85. The van der Waals surface area contributed by atoms with Crippen molar-refractivity contribution in [3.05, 3.63) is 23.8 Å². The van der Waals surface area contributed by atoms with Crippen LogP contribution in [0.15, 0.2) is 18.2 Å². The third kappa shape index (κ3) is 1.39. The molecule has 0 unspecified atom stereocenters. The van der Waals surface area contributed by atoms with Crippen LogP contribution in [0.2, 0.25) is 0 Å². The highest BCUT2D eigenvalue weighted by Gasteiger charge is 2.15. The Morgan fingerprint density at radius 1 is 1.50 bits per heavy atom. The summed E-state index contributed by atoms with van der Waals surface area (Å²) in [5.74, 6) is -1.12. The number of rotatable bonds is 1. The van der Waals surface area contributed by atoms with Crippen molar-refractivity contribution in [1.82, 2.24) is 0 Å². The Balaban J connectivity index is 2.42. The van der Waals surface area contributed by atoms with E-state index in [0.717, 1.165) is 0 Å². The maximum absolute atomic E-state index is 10.9. The number of nitrogens with one attached hydrogen (secondary N) is 1. The summed E-state index contributed by atoms with van der Waals surface area (Å²) in [7, 11) is 0. The summed E-state index contributed by atoms with van der Waals surface area (Å²) in [6.07, 6.45) is 0. The lowest BCUT2D eigenvalue weighted by Crippen LogP contribution is -2.27. The Morgan fingerprint density at radius 2 is 2.29 bits per heavy atom. The predicted molar refractivity (Wildman–Crippen MR) is 44.9 cm³/mol. The van der Waals surface area contributed by atoms with Gasteiger partial charge in [-0.2, -0.15) is 0 Å². The van der Waals surface area contributed by atoms with E-state index in [4.69, 9.17) is 4.74 Å². The molecule has 0 fully saturated rings. The zero-order valence-corrected chi connectivity index (χ0v) is 7.07. The lowest BCUT2D eigenvalue weighted by atomic mass is 10.1. The number of hydrogen-bond acceptors (Lipinski definition) is 4. The van der Waals surface area contributed by atoms with Crippen LogP contribution in [0, 0.1) is 0 Å². The van der Waals surface area contributed by atoms with E-state index in [9.17, 15) is 14.7 Å². The van der Waals surface area contributed by atoms with Crippen molar-refractivity contribution in [1.29, 1.82) is 0 Å². The molecule has 0 saturated heterocycles. The van der Waals surface area contributed by atoms with Gasteiger partial charge in [-0.15, -0.1) is 0 Å². The van der Waals surface area contributed by atoms with Gasteiger partial charge in [0.15, 0.2) is 6.61 Å². The number of anilines is 1. The van der Waals surface area contributed by atoms with E-state index in [0.29, 0.717) is 11.4 Å². The minimum Gasteiger partial charge on any atom is -0.545 e. The average molecular weight is 192 g/mol. The molecule has 1 N–H and O–H groups in total. The molecule has 1 aromatic carbocycles. The monoisotopic (exact) mass is 192 g/mol. The quantitative estimate of drug-likeness (QED) is 0.643. The highest BCUT2D eigenvalue weighted by Crippen LogP contribution is 2.27. The molecule has 0 radical (unpaired) electrons. The van der Waals surface area contributed by atoms with Gasteiger partial charge in [0.1, 0.15) is 5.75 Å². The molecule has 1 aromatic rings. The molecule has 0 bridgehead atoms. The second-order valence-corrected chi connectivity index (χ2v) is 2.84. The first-order valence-electron chi connectivity index (χ1n) is 3.95. The van der Waals surface area contributed by atoms with Crippen molar-refractivity contribution in [2.24, 2.45) is 0 Å². The van der Waals surface area contributed by atoms with Crippen LogP contribution in [-0.4, -0.2) is 18.5 Å². The molecular weight excluding hydrogens is 186 g/mol. The molecule has 1 heterocycles. The van der Waals surface area contributed by atoms with Gasteiger partial charge in [-0.1, -0.05) is 0 Å². The third-order valence-corrected chi connectivity index (χ3v) is 1.85. The molecule has 14 heavy (non-hydrogen) atoms. The van der Waals surface area contributed by atoms with Gasteiger partial charge in [0.25, 0.3) is 5.91 Å². The SMILES string of the molecule is O=C1COc2ccc(C(=O)[O-])cc2N1. The van der Waals surface area contributed by atoms with Gasteiger partial charge in [-0.25, -0.2) is 0 Å². The first-order chi connectivity index (χ1) is 6.66. The van der Waals surface area contributed by atoms with Crippen LogP contribution in [0.25, 0.3) is 0 Å². The van der Waals surface area contributed by atoms with Crippen molar-refractivity contribution in [2.75, 3.05) is 11.9 Å². The van der Waals surface area contributed by atoms with E-state index in [1.54, 1.807) is 0 Å². The minimum atomic E-state index is -1.28. The number of carboxylic acids is 1. The summed E-state index contributed by atoms with van der Waals surface area (Å²) in [6.45, 7) is -0.0440. The van der Waals surface area contributed by atoms with Crippen LogP contribution in [0.4, 0.5) is 5.69 Å². The van der Waals surface area contributed by atoms with Gasteiger partial charge < -0.3 is 20.0 Å². The molecule has 2 rings (SSSR count). The van der Waals surface area contributed by atoms with E-state index in [1.807, 2.05) is 0 Å². The van der Waals surface area contributed by atoms with Gasteiger partial charge in [0, 0.05) is 0 Å². The molecule has 5 heteroatoms. The zero-order valence-electron chi connectivity index (χ0n) is 7.07. The molecule has 0 aliphatic carbocycles. The van der Waals surface area contributed by atoms with Gasteiger partial charge in [-0.3, -0.25) is 4.79 Å². The van der Waals surface area contributed by atoms with E-state index in [-0.39, 0.29) is 18.1 Å². The first kappa shape index (κ1) is 8.55. The second-order valence-electron chi connectivity index (χ2n) is 2.84. The number of benzene rings is 1. The number of carbonyl (C=O) groups excluding carboxylic acids is 2. The van der Waals surface area contributed by atoms with E-state index < -0.39 is 5.97 Å². The van der Waals surface area contributed by atoms with Crippen LogP contribution in [-0.2, 0) is 4.79 Å². The summed E-state index contributed by atoms with van der Waals surface area (Å²) in [6, 6.07) is 4.16. The van der Waals surface area contributed by atoms with Gasteiger partial charge in [0.2, 0.25) is 0 Å². The molecule has 0 aromatic heterocycles. The summed E-state index contributed by atoms with van der Waals surface area (Å²) in [5, 5.41) is 13.0. The summed E-state index contributed by atoms with van der Waals surface area (Å²) < 4.78 is 5.05. The standard InChI is InChI=1S/C9H7NO4/c11-8-4-14-7-2-1-5(9(12)13)3-6(7)10-8/h1-3H,4H2,(H,10,11)(H,12,13)/p-1. The maximum atomic E-state index is 10.9. The minimum absolute atomic E-state index is 0.00884. The second kappa shape index (κ2) is 3.02. The normalized spacial score (nSPS) is 13.9. The molecule has 0 atom stereocenters. The molecular formula is C9H6NO4-. The fraction of sp³-hybridized carbons (Fsp3) is 0.111. The lowest BCUT2D eigenvalue weighted by molar-refractivity contribution is -0.255. The molecule has 1 aliphatic heterocycles. The van der Waals surface area contributed by atoms with E-state index in [1.165, 1.54) is 18.2 Å². The lowest BCUT2D eigenvalue weighted by Gasteiger charge is -2.18. The Labute approximate surface area is 79.3 Å². The number of carbonyl (C=O) groups is 2. The summed E-state index contributed by atoms with van der Waals surface area (Å²) in [4.78, 5) is 21.4. The largest absolute Gasteiger partial charge is 0.545 e. The van der Waals surface area contributed by atoms with E-state index >= 15 is 0 Å². The molecule has 0 spiro atoms. The van der Waals surface area contributed by atoms with E-state index in [2.05, 4.69) is 5.32 Å². The Hall–Kier alpha value is -2.04. The number of aromatic carboxylic acids is 1. The molecule has 0 saturated carbocycles. The number of fused-ring (bicyclic) bond motifs is 1. The summed E-state index contributed by atoms with van der Waals surface area (Å²) in [5.41, 5.74) is 0.373. The highest BCUT2D eigenvalue weighted by atomic mass is 16.5. The highest BCUT2D eigenvalue weighted by molar-refractivity contribution is 5.97. The number of amides is 1. The van der Waals surface area contributed by atoms with Gasteiger partial charge >= 0.3 is 0 Å². The van der Waals surface area contributed by atoms with Crippen LogP contribution in [0.1, 0.15) is 10.4 Å². The predicted octanol–water partition coefficient (Wildman–Crippen LogP) is -0.619. The number of ether oxygens (including phenoxy) is 1. The van der Waals surface area contributed by atoms with Gasteiger partial charge in [-0.05, 0) is 23.8 Å². The number of carboxylic acid groups (broad SMARTS) is 1. The zero-order chi connectivity index (χ0) is 10.1. The Morgan fingerprint density at radius 3 is 3.00 bits per heavy atom. The fourth-order valence-corrected chi connectivity index (χ4v) is 1.21. The van der Waals surface area contributed by atoms with Crippen LogP contribution in [0.3, 0.4) is 0 Å².